The predicted octanol–water partition coefficient (Wildman–Crippen LogP) is 4.59. The lowest BCUT2D eigenvalue weighted by Crippen LogP contribution is -2.46. The largest absolute Gasteiger partial charge is 0.346 e. The first-order valence-electron chi connectivity index (χ1n) is 14.5. The molecule has 220 valence electrons. The second-order valence-corrected chi connectivity index (χ2v) is 12.4. The van der Waals surface area contributed by atoms with Crippen molar-refractivity contribution >= 4 is 34.9 Å². The molecule has 2 rings (SSSR count). The summed E-state index contributed by atoms with van der Waals surface area (Å²) in [6.07, 6.45) is 2.62. The van der Waals surface area contributed by atoms with E-state index in [9.17, 15) is 28.8 Å². The van der Waals surface area contributed by atoms with Gasteiger partial charge in [-0.1, -0.05) is 65.0 Å². The monoisotopic (exact) mass is 554 g/mol. The van der Waals surface area contributed by atoms with Crippen molar-refractivity contribution in [2.45, 2.75) is 92.5 Å². The summed E-state index contributed by atoms with van der Waals surface area (Å²) < 4.78 is 0. The van der Waals surface area contributed by atoms with Crippen molar-refractivity contribution in [3.63, 3.8) is 0 Å². The van der Waals surface area contributed by atoms with Gasteiger partial charge >= 0.3 is 0 Å². The van der Waals surface area contributed by atoms with E-state index in [1.165, 1.54) is 0 Å². The van der Waals surface area contributed by atoms with Crippen molar-refractivity contribution in [2.75, 3.05) is 13.1 Å². The first-order valence-corrected chi connectivity index (χ1v) is 14.5. The molecule has 1 aromatic rings. The van der Waals surface area contributed by atoms with E-state index >= 15 is 0 Å². The molecule has 0 radical (unpaired) electrons. The van der Waals surface area contributed by atoms with E-state index in [4.69, 9.17) is 0 Å². The maximum Gasteiger partial charge on any atom is 0.224 e. The third kappa shape index (κ3) is 9.79. The van der Waals surface area contributed by atoms with Crippen LogP contribution in [0.4, 0.5) is 0 Å². The number of ketones is 4. The lowest BCUT2D eigenvalue weighted by Gasteiger charge is -2.30. The zero-order valence-electron chi connectivity index (χ0n) is 25.0. The number of rotatable bonds is 14. The van der Waals surface area contributed by atoms with Crippen LogP contribution in [-0.2, 0) is 24.0 Å². The van der Waals surface area contributed by atoms with Crippen molar-refractivity contribution in [2.24, 2.45) is 23.2 Å². The number of benzene rings is 1. The number of piperidine rings is 1. The Morgan fingerprint density at radius 2 is 1.45 bits per heavy atom. The lowest BCUT2D eigenvalue weighted by molar-refractivity contribution is -0.142. The highest BCUT2D eigenvalue weighted by Gasteiger charge is 2.36. The van der Waals surface area contributed by atoms with E-state index in [-0.39, 0.29) is 49.1 Å². The van der Waals surface area contributed by atoms with Crippen molar-refractivity contribution in [3.8, 4) is 0 Å². The van der Waals surface area contributed by atoms with Gasteiger partial charge in [-0.2, -0.15) is 0 Å². The average molecular weight is 555 g/mol. The zero-order chi connectivity index (χ0) is 30.0. The molecule has 1 fully saturated rings. The van der Waals surface area contributed by atoms with Crippen LogP contribution in [-0.4, -0.2) is 59.0 Å². The van der Waals surface area contributed by atoms with Crippen LogP contribution in [0.1, 0.15) is 96.8 Å². The molecule has 0 bridgehead atoms. The van der Waals surface area contributed by atoms with Crippen LogP contribution in [0.15, 0.2) is 30.3 Å². The van der Waals surface area contributed by atoms with E-state index < -0.39 is 40.8 Å². The Kier molecular flexibility index (Phi) is 12.4. The number of amides is 2. The number of likely N-dealkylation sites (tertiary alicyclic amines) is 1. The molecular formula is C32H46N2O6. The molecule has 3 atom stereocenters. The molecule has 0 aromatic heterocycles. The second-order valence-electron chi connectivity index (χ2n) is 12.4. The fourth-order valence-electron chi connectivity index (χ4n) is 4.99. The molecule has 1 saturated heterocycles. The molecule has 1 N–H and O–H groups in total. The predicted molar refractivity (Wildman–Crippen MR) is 154 cm³/mol. The van der Waals surface area contributed by atoms with Gasteiger partial charge in [0.25, 0.3) is 0 Å². The maximum absolute atomic E-state index is 13.2. The maximum atomic E-state index is 13.2. The molecule has 0 unspecified atom stereocenters. The summed E-state index contributed by atoms with van der Waals surface area (Å²) >= 11 is 0. The topological polar surface area (TPSA) is 118 Å². The highest BCUT2D eigenvalue weighted by Crippen LogP contribution is 2.30. The SMILES string of the molecule is CC(C)[C@H](CC(=O)[C@H](C)NC(=O)[C@@H](CC(=O)c1ccccc1)C(C)(C)C)C(=O)C(=O)CCC(=O)N1CCCCC1. The summed E-state index contributed by atoms with van der Waals surface area (Å²) in [6.45, 7) is 12.1. The lowest BCUT2D eigenvalue weighted by atomic mass is 9.76. The molecule has 40 heavy (non-hydrogen) atoms. The quantitative estimate of drug-likeness (QED) is 0.266. The molecule has 1 aromatic carbocycles. The molecule has 8 nitrogen and oxygen atoms in total. The molecule has 2 amide bonds. The van der Waals surface area contributed by atoms with Crippen molar-refractivity contribution in [1.82, 2.24) is 10.2 Å². The molecule has 0 spiro atoms. The minimum Gasteiger partial charge on any atom is -0.346 e. The van der Waals surface area contributed by atoms with E-state index in [2.05, 4.69) is 5.32 Å². The van der Waals surface area contributed by atoms with Crippen LogP contribution in [0.5, 0.6) is 0 Å². The van der Waals surface area contributed by atoms with E-state index in [0.29, 0.717) is 18.7 Å². The Labute approximate surface area is 238 Å². The Bertz CT molecular complexity index is 1070. The van der Waals surface area contributed by atoms with Gasteiger partial charge in [-0.05, 0) is 37.5 Å². The molecule has 1 aliphatic heterocycles. The van der Waals surface area contributed by atoms with E-state index in [1.807, 2.05) is 26.8 Å². The first-order chi connectivity index (χ1) is 18.7. The molecule has 0 aliphatic carbocycles. The van der Waals surface area contributed by atoms with Crippen LogP contribution < -0.4 is 5.32 Å². The second kappa shape index (κ2) is 15.0. The smallest absolute Gasteiger partial charge is 0.224 e. The number of nitrogens with zero attached hydrogens (tertiary/aromatic N) is 1. The van der Waals surface area contributed by atoms with E-state index in [0.717, 1.165) is 19.3 Å². The summed E-state index contributed by atoms with van der Waals surface area (Å²) in [5.41, 5.74) is -0.0135. The standard InChI is InChI=1S/C32H46N2O6/c1-21(2)24(30(39)26(35)15-16-29(38)34-17-11-8-12-18-34)19-27(36)22(3)33-31(40)25(32(4,5)6)20-28(37)23-13-9-7-10-14-23/h7,9-10,13-14,21-22,24-25H,8,11-12,15-20H2,1-6H3,(H,33,40)/t22-,24-,25+/m0/s1. The third-order valence-corrected chi connectivity index (χ3v) is 7.80. The number of hydrogen-bond donors (Lipinski definition) is 1. The molecule has 0 saturated carbocycles. The average Bonchev–Trinajstić information content (AvgIpc) is 2.92. The van der Waals surface area contributed by atoms with Gasteiger partial charge in [0.05, 0.1) is 12.0 Å². The Morgan fingerprint density at radius 3 is 2.00 bits per heavy atom. The van der Waals surface area contributed by atoms with Crippen LogP contribution in [0.25, 0.3) is 0 Å². The molecule has 8 heteroatoms. The molecular weight excluding hydrogens is 508 g/mol. The van der Waals surface area contributed by atoms with Crippen molar-refractivity contribution in [3.05, 3.63) is 35.9 Å². The van der Waals surface area contributed by atoms with Gasteiger partial charge in [0.1, 0.15) is 0 Å². The Morgan fingerprint density at radius 1 is 0.850 bits per heavy atom. The van der Waals surface area contributed by atoms with Gasteiger partial charge in [0.15, 0.2) is 17.3 Å². The van der Waals surface area contributed by atoms with Gasteiger partial charge < -0.3 is 10.2 Å². The highest BCUT2D eigenvalue weighted by molar-refractivity contribution is 6.38. The highest BCUT2D eigenvalue weighted by atomic mass is 16.2. The number of carbonyl (C=O) groups is 6. The summed E-state index contributed by atoms with van der Waals surface area (Å²) in [4.78, 5) is 79.0. The molecule has 1 heterocycles. The number of carbonyl (C=O) groups excluding carboxylic acids is 6. The molecule has 1 aliphatic rings. The van der Waals surface area contributed by atoms with Crippen LogP contribution in [0, 0.1) is 23.2 Å². The Balaban J connectivity index is 1.98. The minimum atomic E-state index is -0.894. The van der Waals surface area contributed by atoms with E-state index in [1.54, 1.807) is 49.9 Å². The van der Waals surface area contributed by atoms with Gasteiger partial charge in [-0.3, -0.25) is 28.8 Å². The number of nitrogens with one attached hydrogen (secondary N) is 1. The summed E-state index contributed by atoms with van der Waals surface area (Å²) in [5.74, 6) is -4.09. The number of Topliss-reactive ketones (excluding diaryl/α,β-unsaturated/α-hetero) is 4. The van der Waals surface area contributed by atoms with Gasteiger partial charge in [-0.15, -0.1) is 0 Å². The van der Waals surface area contributed by atoms with Gasteiger partial charge in [0.2, 0.25) is 17.6 Å². The summed E-state index contributed by atoms with van der Waals surface area (Å²) in [6, 6.07) is 7.87. The number of hydrogen-bond acceptors (Lipinski definition) is 6. The fourth-order valence-corrected chi connectivity index (χ4v) is 4.99. The summed E-state index contributed by atoms with van der Waals surface area (Å²) in [7, 11) is 0. The third-order valence-electron chi connectivity index (χ3n) is 7.80. The van der Waals surface area contributed by atoms with Gasteiger partial charge in [0, 0.05) is 50.3 Å². The van der Waals surface area contributed by atoms with Crippen molar-refractivity contribution < 1.29 is 28.8 Å². The fraction of sp³-hybridized carbons (Fsp3) is 0.625. The van der Waals surface area contributed by atoms with Crippen LogP contribution >= 0.6 is 0 Å². The Hall–Kier alpha value is -3.16. The minimum absolute atomic E-state index is 0.00197. The van der Waals surface area contributed by atoms with Gasteiger partial charge in [-0.25, -0.2) is 0 Å². The normalized spacial score (nSPS) is 16.1. The van der Waals surface area contributed by atoms with Crippen LogP contribution in [0.2, 0.25) is 0 Å². The zero-order valence-corrected chi connectivity index (χ0v) is 25.0. The summed E-state index contributed by atoms with van der Waals surface area (Å²) in [5, 5.41) is 2.74. The van der Waals surface area contributed by atoms with Crippen molar-refractivity contribution in [1.29, 1.82) is 0 Å². The first kappa shape index (κ1) is 33.0. The van der Waals surface area contributed by atoms with Crippen LogP contribution in [0.3, 0.4) is 0 Å².